The maximum Gasteiger partial charge on any atom is 0.134 e. The summed E-state index contributed by atoms with van der Waals surface area (Å²) in [5.74, 6) is 1.94. The number of hydrogen-bond acceptors (Lipinski definition) is 6. The predicted octanol–water partition coefficient (Wildman–Crippen LogP) is 3.26. The molecule has 0 saturated carbocycles. The van der Waals surface area contributed by atoms with E-state index in [0.29, 0.717) is 6.04 Å². The average molecular weight is 382 g/mol. The highest BCUT2D eigenvalue weighted by molar-refractivity contribution is 5.48. The number of morpholine rings is 1. The van der Waals surface area contributed by atoms with Crippen LogP contribution in [-0.4, -0.2) is 60.8 Å². The molecule has 0 spiro atoms. The third-order valence-corrected chi connectivity index (χ3v) is 5.76. The highest BCUT2D eigenvalue weighted by Crippen LogP contribution is 2.24. The minimum absolute atomic E-state index is 0.304. The van der Waals surface area contributed by atoms with E-state index >= 15 is 0 Å². The molecule has 1 N–H and O–H groups in total. The fourth-order valence-corrected chi connectivity index (χ4v) is 4.08. The lowest BCUT2D eigenvalue weighted by Crippen LogP contribution is -2.41. The third kappa shape index (κ3) is 4.80. The molecule has 6 heteroatoms. The van der Waals surface area contributed by atoms with Gasteiger partial charge in [-0.1, -0.05) is 29.8 Å². The summed E-state index contributed by atoms with van der Waals surface area (Å²) in [4.78, 5) is 13.8. The number of piperidine rings is 1. The zero-order valence-corrected chi connectivity index (χ0v) is 16.8. The Bertz CT molecular complexity index is 739. The first-order valence-electron chi connectivity index (χ1n) is 10.5. The number of nitrogens with one attached hydrogen (secondary N) is 1. The Morgan fingerprint density at radius 2 is 1.75 bits per heavy atom. The molecule has 0 amide bonds. The first-order valence-corrected chi connectivity index (χ1v) is 10.5. The van der Waals surface area contributed by atoms with Gasteiger partial charge in [-0.3, -0.25) is 4.90 Å². The zero-order chi connectivity index (χ0) is 19.2. The lowest BCUT2D eigenvalue weighted by atomic mass is 10.0. The van der Waals surface area contributed by atoms with Crippen LogP contribution in [0.25, 0.3) is 0 Å². The van der Waals surface area contributed by atoms with Gasteiger partial charge in [-0.2, -0.15) is 0 Å². The molecular weight excluding hydrogens is 350 g/mol. The Kier molecular flexibility index (Phi) is 6.39. The monoisotopic (exact) mass is 381 g/mol. The second kappa shape index (κ2) is 9.34. The van der Waals surface area contributed by atoms with E-state index in [0.717, 1.165) is 57.6 Å². The molecule has 0 aliphatic carbocycles. The van der Waals surface area contributed by atoms with Crippen LogP contribution in [0.3, 0.4) is 0 Å². The van der Waals surface area contributed by atoms with Crippen molar-refractivity contribution in [1.29, 1.82) is 0 Å². The number of aromatic nitrogens is 2. The van der Waals surface area contributed by atoms with E-state index in [-0.39, 0.29) is 0 Å². The molecule has 1 aromatic carbocycles. The number of anilines is 2. The quantitative estimate of drug-likeness (QED) is 0.829. The summed E-state index contributed by atoms with van der Waals surface area (Å²) < 4.78 is 5.56. The van der Waals surface area contributed by atoms with Crippen molar-refractivity contribution in [1.82, 2.24) is 14.9 Å². The largest absolute Gasteiger partial charge is 0.379 e. The van der Waals surface area contributed by atoms with E-state index in [4.69, 9.17) is 4.74 Å². The van der Waals surface area contributed by atoms with Crippen LogP contribution in [0, 0.1) is 6.92 Å². The summed E-state index contributed by atoms with van der Waals surface area (Å²) in [7, 11) is 0. The molecule has 0 bridgehead atoms. The maximum absolute atomic E-state index is 5.56. The van der Waals surface area contributed by atoms with E-state index in [9.17, 15) is 0 Å². The second-order valence-electron chi connectivity index (χ2n) is 7.76. The van der Waals surface area contributed by atoms with Crippen LogP contribution in [0.2, 0.25) is 0 Å². The minimum Gasteiger partial charge on any atom is -0.379 e. The number of rotatable bonds is 6. The smallest absolute Gasteiger partial charge is 0.134 e. The Labute approximate surface area is 167 Å². The zero-order valence-electron chi connectivity index (χ0n) is 16.8. The summed E-state index contributed by atoms with van der Waals surface area (Å²) in [6.45, 7) is 8.66. The average Bonchev–Trinajstić information content (AvgIpc) is 2.77. The van der Waals surface area contributed by atoms with Crippen molar-refractivity contribution in [3.63, 3.8) is 0 Å². The Hall–Kier alpha value is -2.18. The number of ether oxygens (including phenoxy) is 1. The topological polar surface area (TPSA) is 53.5 Å². The van der Waals surface area contributed by atoms with Gasteiger partial charge >= 0.3 is 0 Å². The van der Waals surface area contributed by atoms with Crippen LogP contribution < -0.4 is 10.2 Å². The standard InChI is InChI=1S/C22H31N5O/c1-18-5-7-19(8-6-18)20(26-11-13-28-14-12-26)16-23-21-15-22(25-17-24-21)27-9-3-2-4-10-27/h5-8,15,17,20H,2-4,9-14,16H2,1H3,(H,23,24,25). The van der Waals surface area contributed by atoms with Gasteiger partial charge in [-0.25, -0.2) is 9.97 Å². The molecule has 2 aliphatic heterocycles. The summed E-state index contributed by atoms with van der Waals surface area (Å²) in [5, 5.41) is 3.57. The maximum atomic E-state index is 5.56. The molecule has 1 unspecified atom stereocenters. The van der Waals surface area contributed by atoms with Crippen LogP contribution in [0.4, 0.5) is 11.6 Å². The first kappa shape index (κ1) is 19.2. The SMILES string of the molecule is Cc1ccc(C(CNc2cc(N3CCCCC3)ncn2)N2CCOCC2)cc1. The van der Waals surface area contributed by atoms with Gasteiger partial charge in [0.15, 0.2) is 0 Å². The van der Waals surface area contributed by atoms with E-state index in [1.807, 2.05) is 0 Å². The van der Waals surface area contributed by atoms with Crippen LogP contribution in [-0.2, 0) is 4.74 Å². The van der Waals surface area contributed by atoms with Crippen molar-refractivity contribution in [3.8, 4) is 0 Å². The van der Waals surface area contributed by atoms with Crippen LogP contribution in [0.5, 0.6) is 0 Å². The van der Waals surface area contributed by atoms with Gasteiger partial charge in [0.1, 0.15) is 18.0 Å². The molecule has 1 atom stereocenters. The van der Waals surface area contributed by atoms with Crippen LogP contribution in [0.15, 0.2) is 36.7 Å². The van der Waals surface area contributed by atoms with Crippen molar-refractivity contribution in [2.45, 2.75) is 32.2 Å². The molecule has 150 valence electrons. The summed E-state index contributed by atoms with van der Waals surface area (Å²) >= 11 is 0. The Morgan fingerprint density at radius 1 is 1.00 bits per heavy atom. The molecule has 2 aromatic rings. The van der Waals surface area contributed by atoms with Crippen molar-refractivity contribution >= 4 is 11.6 Å². The molecule has 2 fully saturated rings. The number of nitrogens with zero attached hydrogens (tertiary/aromatic N) is 4. The van der Waals surface area contributed by atoms with Crippen LogP contribution >= 0.6 is 0 Å². The van der Waals surface area contributed by atoms with Crippen molar-refractivity contribution < 1.29 is 4.74 Å². The number of benzene rings is 1. The molecule has 1 aromatic heterocycles. The van der Waals surface area contributed by atoms with E-state index in [1.54, 1.807) is 6.33 Å². The molecular formula is C22H31N5O. The van der Waals surface area contributed by atoms with Crippen LogP contribution in [0.1, 0.15) is 36.4 Å². The lowest BCUT2D eigenvalue weighted by Gasteiger charge is -2.35. The van der Waals surface area contributed by atoms with E-state index in [1.165, 1.54) is 30.4 Å². The van der Waals surface area contributed by atoms with Gasteiger partial charge in [0.25, 0.3) is 0 Å². The number of hydrogen-bond donors (Lipinski definition) is 1. The Balaban J connectivity index is 1.47. The van der Waals surface area contributed by atoms with Gasteiger partial charge in [0.05, 0.1) is 19.3 Å². The lowest BCUT2D eigenvalue weighted by molar-refractivity contribution is 0.0187. The fourth-order valence-electron chi connectivity index (χ4n) is 4.08. The van der Waals surface area contributed by atoms with Gasteiger partial charge < -0.3 is 15.0 Å². The molecule has 2 saturated heterocycles. The highest BCUT2D eigenvalue weighted by Gasteiger charge is 2.23. The van der Waals surface area contributed by atoms with Gasteiger partial charge in [0.2, 0.25) is 0 Å². The highest BCUT2D eigenvalue weighted by atomic mass is 16.5. The minimum atomic E-state index is 0.304. The van der Waals surface area contributed by atoms with Gasteiger partial charge in [0, 0.05) is 38.8 Å². The van der Waals surface area contributed by atoms with Gasteiger partial charge in [-0.15, -0.1) is 0 Å². The second-order valence-corrected chi connectivity index (χ2v) is 7.76. The predicted molar refractivity (Wildman–Crippen MR) is 113 cm³/mol. The van der Waals surface area contributed by atoms with Gasteiger partial charge in [-0.05, 0) is 31.7 Å². The molecule has 0 radical (unpaired) electrons. The first-order chi connectivity index (χ1) is 13.8. The third-order valence-electron chi connectivity index (χ3n) is 5.76. The van der Waals surface area contributed by atoms with E-state index in [2.05, 4.69) is 62.3 Å². The van der Waals surface area contributed by atoms with Crippen molar-refractivity contribution in [2.75, 3.05) is 56.2 Å². The fraction of sp³-hybridized carbons (Fsp3) is 0.545. The molecule has 6 nitrogen and oxygen atoms in total. The summed E-state index contributed by atoms with van der Waals surface area (Å²) in [6, 6.07) is 11.3. The molecule has 3 heterocycles. The molecule has 28 heavy (non-hydrogen) atoms. The van der Waals surface area contributed by atoms with Crippen molar-refractivity contribution in [3.05, 3.63) is 47.8 Å². The van der Waals surface area contributed by atoms with Crippen molar-refractivity contribution in [2.24, 2.45) is 0 Å². The summed E-state index contributed by atoms with van der Waals surface area (Å²) in [6.07, 6.45) is 5.50. The molecule has 2 aliphatic rings. The Morgan fingerprint density at radius 3 is 2.50 bits per heavy atom. The number of aryl methyl sites for hydroxylation is 1. The normalized spacial score (nSPS) is 19.4. The summed E-state index contributed by atoms with van der Waals surface area (Å²) in [5.41, 5.74) is 2.63. The van der Waals surface area contributed by atoms with E-state index < -0.39 is 0 Å². The molecule has 4 rings (SSSR count).